The van der Waals surface area contributed by atoms with Crippen LogP contribution in [-0.2, 0) is 9.84 Å². The Morgan fingerprint density at radius 2 is 2.11 bits per heavy atom. The molecule has 0 unspecified atom stereocenters. The molecule has 5 nitrogen and oxygen atoms in total. The van der Waals surface area contributed by atoms with Gasteiger partial charge in [0.1, 0.15) is 12.2 Å². The fraction of sp³-hybridized carbons (Fsp3) is 0.364. The second-order valence-corrected chi connectivity index (χ2v) is 5.98. The van der Waals surface area contributed by atoms with Crippen LogP contribution in [0.25, 0.3) is 0 Å². The van der Waals surface area contributed by atoms with Crippen molar-refractivity contribution >= 4 is 15.8 Å². The van der Waals surface area contributed by atoms with Crippen molar-refractivity contribution in [2.75, 3.05) is 18.1 Å². The molecular formula is C11H13FO5S. The van der Waals surface area contributed by atoms with Crippen LogP contribution < -0.4 is 4.74 Å². The molecule has 0 atom stereocenters. The Bertz CT molecular complexity index is 538. The van der Waals surface area contributed by atoms with Crippen LogP contribution >= 0.6 is 0 Å². The summed E-state index contributed by atoms with van der Waals surface area (Å²) in [6.07, 6.45) is 0. The Balaban J connectivity index is 2.82. The summed E-state index contributed by atoms with van der Waals surface area (Å²) in [5, 5.41) is 8.83. The Kier molecular flexibility index (Phi) is 4.66. The third kappa shape index (κ3) is 3.69. The number of hydrogen-bond donors (Lipinski definition) is 1. The van der Waals surface area contributed by atoms with Crippen molar-refractivity contribution in [2.24, 2.45) is 0 Å². The Labute approximate surface area is 104 Å². The maximum absolute atomic E-state index is 13.4. The molecular weight excluding hydrogens is 263 g/mol. The lowest BCUT2D eigenvalue weighted by atomic mass is 10.2. The van der Waals surface area contributed by atoms with Crippen LogP contribution in [0.2, 0.25) is 0 Å². The molecule has 0 bridgehead atoms. The molecule has 1 rings (SSSR count). The summed E-state index contributed by atoms with van der Waals surface area (Å²) in [4.78, 5) is 10.8. The first-order valence-electron chi connectivity index (χ1n) is 5.22. The quantitative estimate of drug-likeness (QED) is 0.848. The monoisotopic (exact) mass is 276 g/mol. The van der Waals surface area contributed by atoms with Crippen LogP contribution in [-0.4, -0.2) is 37.6 Å². The average molecular weight is 276 g/mol. The van der Waals surface area contributed by atoms with Gasteiger partial charge in [0.05, 0.1) is 5.75 Å². The number of hydrogen-bond acceptors (Lipinski definition) is 4. The molecule has 0 aromatic heterocycles. The number of para-hydroxylation sites is 1. The molecule has 0 aliphatic carbocycles. The van der Waals surface area contributed by atoms with Gasteiger partial charge >= 0.3 is 5.97 Å². The van der Waals surface area contributed by atoms with E-state index in [1.54, 1.807) is 0 Å². The van der Waals surface area contributed by atoms with Gasteiger partial charge in [0, 0.05) is 5.75 Å². The molecule has 0 saturated heterocycles. The zero-order chi connectivity index (χ0) is 13.8. The zero-order valence-electron chi connectivity index (χ0n) is 9.72. The smallest absolute Gasteiger partial charge is 0.339 e. The standard InChI is InChI=1S/C11H13FO5S/c1-2-18(15,16)7-6-17-10-8(11(13)14)4-3-5-9(10)12/h3-5H,2,6-7H2,1H3,(H,13,14). The van der Waals surface area contributed by atoms with E-state index in [0.29, 0.717) is 0 Å². The highest BCUT2D eigenvalue weighted by atomic mass is 32.2. The van der Waals surface area contributed by atoms with E-state index in [1.807, 2.05) is 0 Å². The Morgan fingerprint density at radius 3 is 2.67 bits per heavy atom. The van der Waals surface area contributed by atoms with Gasteiger partial charge in [-0.2, -0.15) is 0 Å². The van der Waals surface area contributed by atoms with Gasteiger partial charge in [-0.05, 0) is 12.1 Å². The predicted molar refractivity (Wildman–Crippen MR) is 63.2 cm³/mol. The summed E-state index contributed by atoms with van der Waals surface area (Å²) in [5.74, 6) is -2.92. The van der Waals surface area contributed by atoms with Crippen molar-refractivity contribution in [1.82, 2.24) is 0 Å². The number of benzene rings is 1. The number of carboxylic acids is 1. The minimum Gasteiger partial charge on any atom is -0.489 e. The van der Waals surface area contributed by atoms with Gasteiger partial charge in [-0.3, -0.25) is 0 Å². The molecule has 0 radical (unpaired) electrons. The fourth-order valence-corrected chi connectivity index (χ4v) is 1.86. The van der Waals surface area contributed by atoms with Gasteiger partial charge in [-0.15, -0.1) is 0 Å². The highest BCUT2D eigenvalue weighted by molar-refractivity contribution is 7.91. The fourth-order valence-electron chi connectivity index (χ4n) is 1.24. The molecule has 0 aliphatic heterocycles. The first-order chi connectivity index (χ1) is 8.37. The molecule has 18 heavy (non-hydrogen) atoms. The van der Waals surface area contributed by atoms with Crippen LogP contribution in [0.3, 0.4) is 0 Å². The lowest BCUT2D eigenvalue weighted by Crippen LogP contribution is -2.17. The summed E-state index contributed by atoms with van der Waals surface area (Å²) < 4.78 is 40.7. The molecule has 0 saturated carbocycles. The average Bonchev–Trinajstić information content (AvgIpc) is 2.30. The number of carbonyl (C=O) groups is 1. The molecule has 1 aromatic rings. The van der Waals surface area contributed by atoms with Crippen LogP contribution in [0.5, 0.6) is 5.75 Å². The summed E-state index contributed by atoms with van der Waals surface area (Å²) in [6.45, 7) is 1.21. The number of halogens is 1. The first-order valence-corrected chi connectivity index (χ1v) is 7.04. The van der Waals surface area contributed by atoms with Crippen molar-refractivity contribution in [1.29, 1.82) is 0 Å². The highest BCUT2D eigenvalue weighted by Crippen LogP contribution is 2.22. The van der Waals surface area contributed by atoms with Crippen LogP contribution in [0.1, 0.15) is 17.3 Å². The number of rotatable bonds is 6. The summed E-state index contributed by atoms with van der Waals surface area (Å²) in [5.41, 5.74) is -0.330. The maximum Gasteiger partial charge on any atom is 0.339 e. The van der Waals surface area contributed by atoms with Gasteiger partial charge in [0.15, 0.2) is 21.4 Å². The topological polar surface area (TPSA) is 80.7 Å². The summed E-state index contributed by atoms with van der Waals surface area (Å²) in [6, 6.07) is 3.49. The van der Waals surface area contributed by atoms with E-state index in [1.165, 1.54) is 19.1 Å². The third-order valence-electron chi connectivity index (χ3n) is 2.28. The van der Waals surface area contributed by atoms with Gasteiger partial charge in [-0.25, -0.2) is 17.6 Å². The van der Waals surface area contributed by atoms with Crippen molar-refractivity contribution in [2.45, 2.75) is 6.92 Å². The second kappa shape index (κ2) is 5.81. The van der Waals surface area contributed by atoms with E-state index in [-0.39, 0.29) is 23.7 Å². The van der Waals surface area contributed by atoms with E-state index < -0.39 is 27.4 Å². The normalized spacial score (nSPS) is 11.2. The number of carboxylic acid groups (broad SMARTS) is 1. The number of aromatic carboxylic acids is 1. The molecule has 0 fully saturated rings. The predicted octanol–water partition coefficient (Wildman–Crippen LogP) is 1.34. The lowest BCUT2D eigenvalue weighted by molar-refractivity contribution is 0.0691. The number of sulfone groups is 1. The molecule has 7 heteroatoms. The van der Waals surface area contributed by atoms with E-state index in [4.69, 9.17) is 9.84 Å². The van der Waals surface area contributed by atoms with Crippen molar-refractivity contribution in [3.8, 4) is 5.75 Å². The van der Waals surface area contributed by atoms with Gasteiger partial charge < -0.3 is 9.84 Å². The Hall–Kier alpha value is -1.63. The minimum atomic E-state index is -3.23. The minimum absolute atomic E-state index is 0.0422. The lowest BCUT2D eigenvalue weighted by Gasteiger charge is -2.09. The summed E-state index contributed by atoms with van der Waals surface area (Å²) >= 11 is 0. The molecule has 0 amide bonds. The van der Waals surface area contributed by atoms with Crippen molar-refractivity contribution < 1.29 is 27.4 Å². The summed E-state index contributed by atoms with van der Waals surface area (Å²) in [7, 11) is -3.23. The second-order valence-electron chi connectivity index (χ2n) is 3.51. The highest BCUT2D eigenvalue weighted by Gasteiger charge is 2.16. The van der Waals surface area contributed by atoms with Gasteiger partial charge in [0.2, 0.25) is 0 Å². The molecule has 0 spiro atoms. The Morgan fingerprint density at radius 1 is 1.44 bits per heavy atom. The number of ether oxygens (including phenoxy) is 1. The maximum atomic E-state index is 13.4. The first kappa shape index (κ1) is 14.4. The van der Waals surface area contributed by atoms with Crippen molar-refractivity contribution in [3.63, 3.8) is 0 Å². The van der Waals surface area contributed by atoms with Crippen LogP contribution in [0, 0.1) is 5.82 Å². The molecule has 0 aliphatic rings. The van der Waals surface area contributed by atoms with E-state index in [9.17, 15) is 17.6 Å². The van der Waals surface area contributed by atoms with Crippen molar-refractivity contribution in [3.05, 3.63) is 29.6 Å². The van der Waals surface area contributed by atoms with E-state index >= 15 is 0 Å². The van der Waals surface area contributed by atoms with Gasteiger partial charge in [0.25, 0.3) is 0 Å². The third-order valence-corrected chi connectivity index (χ3v) is 3.95. The largest absolute Gasteiger partial charge is 0.489 e. The SMILES string of the molecule is CCS(=O)(=O)CCOc1c(F)cccc1C(=O)O. The van der Waals surface area contributed by atoms with Gasteiger partial charge in [-0.1, -0.05) is 13.0 Å². The molecule has 0 heterocycles. The van der Waals surface area contributed by atoms with Crippen LogP contribution in [0.15, 0.2) is 18.2 Å². The van der Waals surface area contributed by atoms with E-state index in [0.717, 1.165) is 6.07 Å². The molecule has 1 N–H and O–H groups in total. The molecule has 100 valence electrons. The van der Waals surface area contributed by atoms with Crippen LogP contribution in [0.4, 0.5) is 4.39 Å². The van der Waals surface area contributed by atoms with E-state index in [2.05, 4.69) is 0 Å². The zero-order valence-corrected chi connectivity index (χ0v) is 10.5. The molecule has 1 aromatic carbocycles.